The lowest BCUT2D eigenvalue weighted by Gasteiger charge is -2.18. The average Bonchev–Trinajstić information content (AvgIpc) is 2.38. The smallest absolute Gasteiger partial charge is 0.339 e. The largest absolute Gasteiger partial charge is 0.465 e. The van der Waals surface area contributed by atoms with Crippen LogP contribution in [0, 0.1) is 0 Å². The maximum Gasteiger partial charge on any atom is 0.339 e. The first kappa shape index (κ1) is 15.4. The van der Waals surface area contributed by atoms with E-state index in [-0.39, 0.29) is 29.3 Å². The molecule has 0 spiro atoms. The van der Waals surface area contributed by atoms with Crippen molar-refractivity contribution in [2.75, 3.05) is 33.0 Å². The van der Waals surface area contributed by atoms with Gasteiger partial charge in [0.2, 0.25) is 10.0 Å². The van der Waals surface area contributed by atoms with E-state index in [2.05, 4.69) is 4.74 Å². The van der Waals surface area contributed by atoms with Crippen LogP contribution in [-0.4, -0.2) is 51.1 Å². The van der Waals surface area contributed by atoms with Gasteiger partial charge >= 0.3 is 5.97 Å². The predicted octanol–water partition coefficient (Wildman–Crippen LogP) is -0.332. The highest BCUT2D eigenvalue weighted by Gasteiger charge is 2.27. The van der Waals surface area contributed by atoms with E-state index in [1.807, 2.05) is 0 Å². The van der Waals surface area contributed by atoms with E-state index >= 15 is 0 Å². The molecule has 0 aliphatic carbocycles. The van der Waals surface area contributed by atoms with E-state index in [9.17, 15) is 13.2 Å². The number of rotatable bonds is 5. The van der Waals surface area contributed by atoms with Crippen LogP contribution in [-0.2, 0) is 14.8 Å². The Kier molecular flexibility index (Phi) is 4.87. The molecule has 106 valence electrons. The standard InChI is InChI=1S/C11H16N2O5S/c1-13(5-6-14)19(16,17)10-7-8(12)3-4-9(10)11(15)18-2/h3-4,7,14H,5-6,12H2,1-2H3. The van der Waals surface area contributed by atoms with Crippen molar-refractivity contribution in [3.05, 3.63) is 23.8 Å². The molecule has 0 bridgehead atoms. The number of anilines is 1. The Morgan fingerprint density at radius 3 is 2.63 bits per heavy atom. The molecule has 1 rings (SSSR count). The van der Waals surface area contributed by atoms with Gasteiger partial charge in [-0.15, -0.1) is 0 Å². The molecule has 3 N–H and O–H groups in total. The van der Waals surface area contributed by atoms with Crippen molar-refractivity contribution < 1.29 is 23.1 Å². The Morgan fingerprint density at radius 2 is 2.11 bits per heavy atom. The number of esters is 1. The number of hydrogen-bond donors (Lipinski definition) is 2. The quantitative estimate of drug-likeness (QED) is 0.567. The van der Waals surface area contributed by atoms with Gasteiger partial charge in [0.25, 0.3) is 0 Å². The van der Waals surface area contributed by atoms with E-state index in [0.29, 0.717) is 0 Å². The number of nitrogens with two attached hydrogens (primary N) is 1. The summed E-state index contributed by atoms with van der Waals surface area (Å²) in [4.78, 5) is 11.3. The first-order valence-corrected chi connectivity index (χ1v) is 6.83. The molecule has 0 saturated carbocycles. The Hall–Kier alpha value is -1.64. The van der Waals surface area contributed by atoms with Gasteiger partial charge in [-0.05, 0) is 18.2 Å². The summed E-state index contributed by atoms with van der Waals surface area (Å²) in [7, 11) is -1.46. The molecule has 0 atom stereocenters. The lowest BCUT2D eigenvalue weighted by atomic mass is 10.2. The maximum atomic E-state index is 12.3. The molecule has 8 heteroatoms. The Bertz CT molecular complexity index is 570. The molecular formula is C11H16N2O5S. The van der Waals surface area contributed by atoms with Gasteiger partial charge < -0.3 is 15.6 Å². The molecule has 0 heterocycles. The average molecular weight is 288 g/mol. The van der Waals surface area contributed by atoms with Crippen molar-refractivity contribution in [3.63, 3.8) is 0 Å². The van der Waals surface area contributed by atoms with E-state index in [1.165, 1.54) is 25.2 Å². The van der Waals surface area contributed by atoms with Crippen molar-refractivity contribution in [3.8, 4) is 0 Å². The minimum Gasteiger partial charge on any atom is -0.465 e. The highest BCUT2D eigenvalue weighted by atomic mass is 32.2. The molecule has 0 amide bonds. The van der Waals surface area contributed by atoms with Crippen LogP contribution >= 0.6 is 0 Å². The topological polar surface area (TPSA) is 110 Å². The number of sulfonamides is 1. The van der Waals surface area contributed by atoms with Gasteiger partial charge in [0.05, 0.1) is 24.2 Å². The van der Waals surface area contributed by atoms with E-state index in [0.717, 1.165) is 11.4 Å². The number of hydrogen-bond acceptors (Lipinski definition) is 6. The van der Waals surface area contributed by atoms with Crippen molar-refractivity contribution in [1.82, 2.24) is 4.31 Å². The van der Waals surface area contributed by atoms with Gasteiger partial charge in [0.1, 0.15) is 0 Å². The fourth-order valence-corrected chi connectivity index (χ4v) is 2.83. The summed E-state index contributed by atoms with van der Waals surface area (Å²) in [6.45, 7) is -0.413. The van der Waals surface area contributed by atoms with Crippen molar-refractivity contribution in [1.29, 1.82) is 0 Å². The number of ether oxygens (including phenoxy) is 1. The van der Waals surface area contributed by atoms with E-state index in [1.54, 1.807) is 0 Å². The normalized spacial score (nSPS) is 11.6. The molecule has 1 aromatic carbocycles. The molecule has 19 heavy (non-hydrogen) atoms. The Morgan fingerprint density at radius 1 is 1.47 bits per heavy atom. The first-order valence-electron chi connectivity index (χ1n) is 5.39. The summed E-state index contributed by atoms with van der Waals surface area (Å²) in [5.41, 5.74) is 5.67. The number of nitrogen functional groups attached to an aromatic ring is 1. The minimum absolute atomic E-state index is 0.0856. The maximum absolute atomic E-state index is 12.3. The Labute approximate surface area is 111 Å². The third-order valence-corrected chi connectivity index (χ3v) is 4.41. The minimum atomic E-state index is -3.92. The molecule has 0 radical (unpaired) electrons. The van der Waals surface area contributed by atoms with Gasteiger partial charge in [-0.25, -0.2) is 13.2 Å². The third-order valence-electron chi connectivity index (χ3n) is 2.51. The third kappa shape index (κ3) is 3.22. The lowest BCUT2D eigenvalue weighted by Crippen LogP contribution is -2.31. The number of aliphatic hydroxyl groups is 1. The zero-order valence-electron chi connectivity index (χ0n) is 10.7. The summed E-state index contributed by atoms with van der Waals surface area (Å²) in [6.07, 6.45) is 0. The van der Waals surface area contributed by atoms with Crippen LogP contribution in [0.4, 0.5) is 5.69 Å². The summed E-state index contributed by atoms with van der Waals surface area (Å²) >= 11 is 0. The van der Waals surface area contributed by atoms with Crippen LogP contribution in [0.15, 0.2) is 23.1 Å². The highest BCUT2D eigenvalue weighted by molar-refractivity contribution is 7.89. The molecule has 0 saturated heterocycles. The number of nitrogens with zero attached hydrogens (tertiary/aromatic N) is 1. The molecule has 1 aromatic rings. The van der Waals surface area contributed by atoms with Gasteiger partial charge in [-0.3, -0.25) is 0 Å². The number of carbonyl (C=O) groups excluding carboxylic acids is 1. The Balaban J connectivity index is 3.40. The van der Waals surface area contributed by atoms with Gasteiger partial charge in [-0.1, -0.05) is 0 Å². The van der Waals surface area contributed by atoms with Crippen LogP contribution < -0.4 is 5.73 Å². The zero-order chi connectivity index (χ0) is 14.6. The number of likely N-dealkylation sites (N-methyl/N-ethyl adjacent to an activating group) is 1. The molecule has 0 unspecified atom stereocenters. The molecule has 0 aliphatic heterocycles. The highest BCUT2D eigenvalue weighted by Crippen LogP contribution is 2.22. The van der Waals surface area contributed by atoms with Crippen molar-refractivity contribution >= 4 is 21.7 Å². The summed E-state index contributed by atoms with van der Waals surface area (Å²) in [6, 6.07) is 3.90. The number of benzene rings is 1. The van der Waals surface area contributed by atoms with Crippen LogP contribution in [0.25, 0.3) is 0 Å². The second kappa shape index (κ2) is 6.00. The van der Waals surface area contributed by atoms with Gasteiger partial charge in [0, 0.05) is 19.3 Å². The molecule has 7 nitrogen and oxygen atoms in total. The van der Waals surface area contributed by atoms with E-state index in [4.69, 9.17) is 10.8 Å². The molecule has 0 aliphatic rings. The lowest BCUT2D eigenvalue weighted by molar-refractivity contribution is 0.0596. The van der Waals surface area contributed by atoms with Crippen molar-refractivity contribution in [2.24, 2.45) is 0 Å². The molecular weight excluding hydrogens is 272 g/mol. The van der Waals surface area contributed by atoms with Gasteiger partial charge in [0.15, 0.2) is 0 Å². The predicted molar refractivity (Wildman–Crippen MR) is 69.1 cm³/mol. The van der Waals surface area contributed by atoms with Crippen LogP contribution in [0.2, 0.25) is 0 Å². The fourth-order valence-electron chi connectivity index (χ4n) is 1.46. The van der Waals surface area contributed by atoms with Crippen LogP contribution in [0.3, 0.4) is 0 Å². The molecule has 0 aromatic heterocycles. The summed E-state index contributed by atoms with van der Waals surface area (Å²) < 4.78 is 30.0. The number of aliphatic hydroxyl groups excluding tert-OH is 1. The SMILES string of the molecule is COC(=O)c1ccc(N)cc1S(=O)(=O)N(C)CCO. The molecule has 0 fully saturated rings. The first-order chi connectivity index (χ1) is 8.84. The van der Waals surface area contributed by atoms with Crippen LogP contribution in [0.5, 0.6) is 0 Å². The van der Waals surface area contributed by atoms with Crippen LogP contribution in [0.1, 0.15) is 10.4 Å². The number of carbonyl (C=O) groups is 1. The van der Waals surface area contributed by atoms with Crippen molar-refractivity contribution in [2.45, 2.75) is 4.90 Å². The number of methoxy groups -OCH3 is 1. The zero-order valence-corrected chi connectivity index (χ0v) is 11.5. The monoisotopic (exact) mass is 288 g/mol. The van der Waals surface area contributed by atoms with Gasteiger partial charge in [-0.2, -0.15) is 4.31 Å². The second-order valence-electron chi connectivity index (χ2n) is 3.80. The van der Waals surface area contributed by atoms with E-state index < -0.39 is 16.0 Å². The summed E-state index contributed by atoms with van der Waals surface area (Å²) in [5, 5.41) is 8.80. The fraction of sp³-hybridized carbons (Fsp3) is 0.364. The summed E-state index contributed by atoms with van der Waals surface area (Å²) in [5.74, 6) is -0.768. The second-order valence-corrected chi connectivity index (χ2v) is 5.81.